The second-order valence-electron chi connectivity index (χ2n) is 6.59. The lowest BCUT2D eigenvalue weighted by atomic mass is 9.95. The molecule has 6 heteroatoms. The van der Waals surface area contributed by atoms with Gasteiger partial charge in [0.15, 0.2) is 5.96 Å². The number of guanidine groups is 1. The molecule has 1 aliphatic heterocycles. The predicted octanol–water partition coefficient (Wildman–Crippen LogP) is 2.66. The Kier molecular flexibility index (Phi) is 10.3. The number of rotatable bonds is 5. The average molecular weight is 429 g/mol. The van der Waals surface area contributed by atoms with E-state index < -0.39 is 0 Å². The van der Waals surface area contributed by atoms with Gasteiger partial charge in [-0.05, 0) is 12.8 Å². The van der Waals surface area contributed by atoms with Crippen molar-refractivity contribution in [2.24, 2.45) is 16.3 Å². The lowest BCUT2D eigenvalue weighted by Crippen LogP contribution is -2.49. The van der Waals surface area contributed by atoms with Gasteiger partial charge in [0.1, 0.15) is 0 Å². The van der Waals surface area contributed by atoms with Crippen LogP contribution in [0.5, 0.6) is 0 Å². The summed E-state index contributed by atoms with van der Waals surface area (Å²) in [6.45, 7) is 14.6. The van der Waals surface area contributed by atoms with Gasteiger partial charge in [0, 0.05) is 42.7 Å². The first-order valence-corrected chi connectivity index (χ1v) is 8.70. The molecule has 0 bridgehead atoms. The highest BCUT2D eigenvalue weighted by Gasteiger charge is 2.25. The number of aliphatic hydroxyl groups is 1. The van der Waals surface area contributed by atoms with Gasteiger partial charge in [-0.25, -0.2) is 0 Å². The van der Waals surface area contributed by atoms with Crippen molar-refractivity contribution in [2.75, 3.05) is 38.5 Å². The molecule has 0 aromatic carbocycles. The van der Waals surface area contributed by atoms with Crippen LogP contribution in [-0.4, -0.2) is 59.8 Å². The molecule has 1 fully saturated rings. The summed E-state index contributed by atoms with van der Waals surface area (Å²) in [7, 11) is 0. The van der Waals surface area contributed by atoms with Crippen LogP contribution < -0.4 is 5.32 Å². The zero-order valence-electron chi connectivity index (χ0n) is 14.1. The molecule has 1 heterocycles. The molecule has 1 rings (SSSR count). The largest absolute Gasteiger partial charge is 0.396 e. The zero-order chi connectivity index (χ0) is 15.2. The van der Waals surface area contributed by atoms with E-state index in [1.165, 1.54) is 0 Å². The maximum atomic E-state index is 9.36. The predicted molar refractivity (Wildman–Crippen MR) is 105 cm³/mol. The molecule has 1 saturated heterocycles. The van der Waals surface area contributed by atoms with Crippen molar-refractivity contribution in [1.82, 2.24) is 10.2 Å². The van der Waals surface area contributed by atoms with Crippen molar-refractivity contribution < 1.29 is 5.11 Å². The number of nitrogens with zero attached hydrogens (tertiary/aromatic N) is 2. The van der Waals surface area contributed by atoms with Gasteiger partial charge in [0.2, 0.25) is 0 Å². The molecular formula is C15H32IN3OS. The highest BCUT2D eigenvalue weighted by molar-refractivity contribution is 14.0. The molecule has 1 unspecified atom stereocenters. The van der Waals surface area contributed by atoms with Crippen molar-refractivity contribution >= 4 is 41.7 Å². The van der Waals surface area contributed by atoms with Crippen molar-refractivity contribution in [3.8, 4) is 0 Å². The lowest BCUT2D eigenvalue weighted by molar-refractivity contribution is 0.166. The van der Waals surface area contributed by atoms with E-state index in [2.05, 4.69) is 42.7 Å². The van der Waals surface area contributed by atoms with E-state index in [0.29, 0.717) is 17.7 Å². The summed E-state index contributed by atoms with van der Waals surface area (Å²) >= 11 is 2.07. The number of hydrogen-bond acceptors (Lipinski definition) is 3. The molecule has 126 valence electrons. The van der Waals surface area contributed by atoms with Crippen LogP contribution in [0, 0.1) is 11.3 Å². The van der Waals surface area contributed by atoms with E-state index >= 15 is 0 Å². The first kappa shape index (κ1) is 21.3. The van der Waals surface area contributed by atoms with Crippen molar-refractivity contribution in [3.63, 3.8) is 0 Å². The monoisotopic (exact) mass is 429 g/mol. The van der Waals surface area contributed by atoms with Crippen molar-refractivity contribution in [2.45, 2.75) is 39.9 Å². The Bertz CT molecular complexity index is 324. The SMILES string of the molecule is CCNC(=NCC(C)(C)CO)N1CCSC(C(C)C)C1.I. The summed E-state index contributed by atoms with van der Waals surface area (Å²) in [6.07, 6.45) is 0. The highest BCUT2D eigenvalue weighted by Crippen LogP contribution is 2.25. The lowest BCUT2D eigenvalue weighted by Gasteiger charge is -2.36. The molecule has 1 aliphatic rings. The Balaban J connectivity index is 0.00000400. The number of halogens is 1. The van der Waals surface area contributed by atoms with Crippen LogP contribution in [-0.2, 0) is 0 Å². The molecule has 0 radical (unpaired) electrons. The summed E-state index contributed by atoms with van der Waals surface area (Å²) < 4.78 is 0. The highest BCUT2D eigenvalue weighted by atomic mass is 127. The Hall–Kier alpha value is 0.310. The molecule has 0 saturated carbocycles. The van der Waals surface area contributed by atoms with Crippen LogP contribution in [0.25, 0.3) is 0 Å². The third-order valence-electron chi connectivity index (χ3n) is 3.56. The third kappa shape index (κ3) is 7.41. The number of hydrogen-bond donors (Lipinski definition) is 2. The molecule has 0 aromatic rings. The van der Waals surface area contributed by atoms with Crippen LogP contribution in [0.15, 0.2) is 4.99 Å². The molecular weight excluding hydrogens is 397 g/mol. The first-order valence-electron chi connectivity index (χ1n) is 7.65. The summed E-state index contributed by atoms with van der Waals surface area (Å²) in [6, 6.07) is 0. The smallest absolute Gasteiger partial charge is 0.193 e. The van der Waals surface area contributed by atoms with Gasteiger partial charge in [-0.1, -0.05) is 27.7 Å². The fraction of sp³-hybridized carbons (Fsp3) is 0.933. The minimum Gasteiger partial charge on any atom is -0.396 e. The van der Waals surface area contributed by atoms with Crippen LogP contribution in [0.2, 0.25) is 0 Å². The van der Waals surface area contributed by atoms with Gasteiger partial charge in [-0.3, -0.25) is 4.99 Å². The topological polar surface area (TPSA) is 47.9 Å². The van der Waals surface area contributed by atoms with E-state index in [-0.39, 0.29) is 36.0 Å². The number of aliphatic imine (C=N–C) groups is 1. The van der Waals surface area contributed by atoms with Crippen LogP contribution in [0.1, 0.15) is 34.6 Å². The van der Waals surface area contributed by atoms with Gasteiger partial charge in [-0.2, -0.15) is 11.8 Å². The summed E-state index contributed by atoms with van der Waals surface area (Å²) in [5.41, 5.74) is -0.150. The van der Waals surface area contributed by atoms with Gasteiger partial charge in [-0.15, -0.1) is 24.0 Å². The van der Waals surface area contributed by atoms with E-state index in [1.807, 2.05) is 13.8 Å². The quantitative estimate of drug-likeness (QED) is 0.401. The Morgan fingerprint density at radius 3 is 2.67 bits per heavy atom. The number of thioether (sulfide) groups is 1. The number of nitrogens with one attached hydrogen (secondary N) is 1. The maximum absolute atomic E-state index is 9.36. The van der Waals surface area contributed by atoms with Crippen molar-refractivity contribution in [1.29, 1.82) is 0 Å². The standard InChI is InChI=1S/C15H31N3OS.HI/c1-6-16-14(17-10-15(4,5)11-19)18-7-8-20-13(9-18)12(2)3;/h12-13,19H,6-11H2,1-5H3,(H,16,17);1H. The summed E-state index contributed by atoms with van der Waals surface area (Å²) in [5.74, 6) is 2.86. The van der Waals surface area contributed by atoms with Crippen LogP contribution >= 0.6 is 35.7 Å². The Labute approximate surface area is 151 Å². The van der Waals surface area contributed by atoms with Crippen LogP contribution in [0.4, 0.5) is 0 Å². The van der Waals surface area contributed by atoms with Gasteiger partial charge >= 0.3 is 0 Å². The van der Waals surface area contributed by atoms with Gasteiger partial charge in [0.05, 0.1) is 6.54 Å². The second kappa shape index (κ2) is 10.2. The van der Waals surface area contributed by atoms with E-state index in [4.69, 9.17) is 4.99 Å². The maximum Gasteiger partial charge on any atom is 0.193 e. The van der Waals surface area contributed by atoms with Crippen LogP contribution in [0.3, 0.4) is 0 Å². The van der Waals surface area contributed by atoms with Crippen molar-refractivity contribution in [3.05, 3.63) is 0 Å². The van der Waals surface area contributed by atoms with E-state index in [1.54, 1.807) is 0 Å². The Morgan fingerprint density at radius 1 is 1.48 bits per heavy atom. The molecule has 4 nitrogen and oxygen atoms in total. The minimum absolute atomic E-state index is 0. The molecule has 0 amide bonds. The third-order valence-corrected chi connectivity index (χ3v) is 5.10. The fourth-order valence-corrected chi connectivity index (χ4v) is 3.33. The molecule has 0 aliphatic carbocycles. The molecule has 0 aromatic heterocycles. The summed E-state index contributed by atoms with van der Waals surface area (Å²) in [4.78, 5) is 7.11. The normalized spacial score (nSPS) is 20.4. The Morgan fingerprint density at radius 2 is 2.14 bits per heavy atom. The molecule has 2 N–H and O–H groups in total. The van der Waals surface area contributed by atoms with Gasteiger partial charge < -0.3 is 15.3 Å². The summed E-state index contributed by atoms with van der Waals surface area (Å²) in [5, 5.41) is 13.4. The fourth-order valence-electron chi connectivity index (χ4n) is 2.04. The zero-order valence-corrected chi connectivity index (χ0v) is 17.2. The molecule has 21 heavy (non-hydrogen) atoms. The second-order valence-corrected chi connectivity index (χ2v) is 7.94. The first-order chi connectivity index (χ1) is 9.39. The molecule has 1 atom stereocenters. The van der Waals surface area contributed by atoms with E-state index in [0.717, 1.165) is 31.3 Å². The number of aliphatic hydroxyl groups excluding tert-OH is 1. The minimum atomic E-state index is -0.150. The average Bonchev–Trinajstić information content (AvgIpc) is 2.43. The molecule has 0 spiro atoms. The van der Waals surface area contributed by atoms with Gasteiger partial charge in [0.25, 0.3) is 0 Å². The van der Waals surface area contributed by atoms with E-state index in [9.17, 15) is 5.11 Å².